The average molecular weight is 313 g/mol. The number of aromatic nitrogens is 1. The lowest BCUT2D eigenvalue weighted by Crippen LogP contribution is -2.35. The first-order valence-electron chi connectivity index (χ1n) is 8.19. The van der Waals surface area contributed by atoms with Crippen LogP contribution in [0.15, 0.2) is 0 Å². The van der Waals surface area contributed by atoms with Gasteiger partial charge in [-0.2, -0.15) is 0 Å². The van der Waals surface area contributed by atoms with Gasteiger partial charge in [0.2, 0.25) is 0 Å². The van der Waals surface area contributed by atoms with Gasteiger partial charge >= 0.3 is 0 Å². The Morgan fingerprint density at radius 1 is 1.10 bits per heavy atom. The normalized spacial score (nSPS) is 12.9. The van der Waals surface area contributed by atoms with Gasteiger partial charge in [-0.05, 0) is 47.0 Å². The van der Waals surface area contributed by atoms with Crippen LogP contribution in [0, 0.1) is 0 Å². The molecule has 0 spiro atoms. The quantitative estimate of drug-likeness (QED) is 0.759. The third-order valence-corrected chi connectivity index (χ3v) is 5.13. The largest absolute Gasteiger partial charge is 0.368 e. The molecule has 0 aromatic carbocycles. The minimum absolute atomic E-state index is 0.127. The number of ether oxygens (including phenoxy) is 1. The summed E-state index contributed by atoms with van der Waals surface area (Å²) in [6, 6.07) is 0. The van der Waals surface area contributed by atoms with Crippen LogP contribution in [-0.4, -0.2) is 17.1 Å². The van der Waals surface area contributed by atoms with Gasteiger partial charge in [0.25, 0.3) is 0 Å². The maximum absolute atomic E-state index is 6.10. The molecule has 122 valence electrons. The lowest BCUT2D eigenvalue weighted by atomic mass is 9.98. The summed E-state index contributed by atoms with van der Waals surface area (Å²) in [5, 5.41) is 4.73. The van der Waals surface area contributed by atoms with Gasteiger partial charge < -0.3 is 10.1 Å². The fourth-order valence-corrected chi connectivity index (χ4v) is 3.81. The minimum atomic E-state index is -0.205. The highest BCUT2D eigenvalue weighted by molar-refractivity contribution is 7.11. The molecule has 0 atom stereocenters. The lowest BCUT2D eigenvalue weighted by Gasteiger charge is -2.29. The predicted molar refractivity (Wildman–Crippen MR) is 92.0 cm³/mol. The molecule has 0 saturated heterocycles. The molecule has 3 nitrogen and oxygen atoms in total. The van der Waals surface area contributed by atoms with Crippen molar-refractivity contribution in [1.82, 2.24) is 10.3 Å². The molecular formula is C17H32N2OS. The maximum atomic E-state index is 6.10. The molecule has 0 amide bonds. The van der Waals surface area contributed by atoms with Gasteiger partial charge in [-0.1, -0.05) is 20.8 Å². The van der Waals surface area contributed by atoms with Crippen LogP contribution in [0.3, 0.4) is 0 Å². The first kappa shape index (κ1) is 18.6. The van der Waals surface area contributed by atoms with Crippen LogP contribution in [0.1, 0.15) is 76.9 Å². The Kier molecular flexibility index (Phi) is 6.82. The highest BCUT2D eigenvalue weighted by atomic mass is 32.1. The number of hydrogen-bond donors (Lipinski definition) is 1. The van der Waals surface area contributed by atoms with Gasteiger partial charge in [0.05, 0.1) is 5.69 Å². The Labute approximate surface area is 134 Å². The number of thiazole rings is 1. The molecule has 1 heterocycles. The summed E-state index contributed by atoms with van der Waals surface area (Å²) < 4.78 is 6.10. The van der Waals surface area contributed by atoms with E-state index in [4.69, 9.17) is 9.72 Å². The summed E-state index contributed by atoms with van der Waals surface area (Å²) in [5.41, 5.74) is 1.14. The van der Waals surface area contributed by atoms with E-state index >= 15 is 0 Å². The molecule has 4 heteroatoms. The van der Waals surface area contributed by atoms with Gasteiger partial charge in [-0.3, -0.25) is 0 Å². The van der Waals surface area contributed by atoms with E-state index in [0.717, 1.165) is 37.4 Å². The average Bonchev–Trinajstić information content (AvgIpc) is 2.85. The van der Waals surface area contributed by atoms with Gasteiger partial charge in [0.1, 0.15) is 10.6 Å². The zero-order valence-corrected chi connectivity index (χ0v) is 15.6. The van der Waals surface area contributed by atoms with Crippen LogP contribution in [0.4, 0.5) is 0 Å². The van der Waals surface area contributed by atoms with E-state index in [-0.39, 0.29) is 11.1 Å². The van der Waals surface area contributed by atoms with Crippen molar-refractivity contribution in [3.05, 3.63) is 15.6 Å². The zero-order chi connectivity index (χ0) is 16.1. The monoisotopic (exact) mass is 312 g/mol. The molecule has 0 bridgehead atoms. The number of nitrogens with zero attached hydrogens (tertiary/aromatic N) is 1. The second-order valence-corrected chi connectivity index (χ2v) is 7.56. The summed E-state index contributed by atoms with van der Waals surface area (Å²) in [5.74, 6) is 0. The second-order valence-electron chi connectivity index (χ2n) is 6.48. The Balaban J connectivity index is 3.06. The molecule has 1 rings (SSSR count). The Morgan fingerprint density at radius 3 is 2.14 bits per heavy atom. The van der Waals surface area contributed by atoms with Crippen molar-refractivity contribution in [2.45, 2.75) is 85.4 Å². The number of aryl methyl sites for hydroxylation is 1. The summed E-state index contributed by atoms with van der Waals surface area (Å²) in [6.07, 6.45) is 2.92. The highest BCUT2D eigenvalue weighted by Crippen LogP contribution is 2.37. The summed E-state index contributed by atoms with van der Waals surface area (Å²) >= 11 is 1.82. The maximum Gasteiger partial charge on any atom is 0.125 e. The minimum Gasteiger partial charge on any atom is -0.368 e. The molecule has 0 fully saturated rings. The summed E-state index contributed by atoms with van der Waals surface area (Å²) in [4.78, 5) is 6.27. The van der Waals surface area contributed by atoms with E-state index < -0.39 is 0 Å². The molecule has 0 unspecified atom stereocenters. The molecule has 1 aromatic heterocycles. The second kappa shape index (κ2) is 7.70. The molecule has 1 aromatic rings. The number of nitrogens with one attached hydrogen (secondary N) is 1. The molecule has 1 N–H and O–H groups in total. The fraction of sp³-hybridized carbons (Fsp3) is 0.824. The third kappa shape index (κ3) is 4.76. The lowest BCUT2D eigenvalue weighted by molar-refractivity contribution is -0.0507. The van der Waals surface area contributed by atoms with E-state index in [1.807, 2.05) is 11.3 Å². The van der Waals surface area contributed by atoms with Gasteiger partial charge in [-0.25, -0.2) is 4.98 Å². The first-order valence-corrected chi connectivity index (χ1v) is 9.01. The van der Waals surface area contributed by atoms with Gasteiger partial charge in [-0.15, -0.1) is 11.3 Å². The van der Waals surface area contributed by atoms with Crippen LogP contribution < -0.4 is 5.32 Å². The van der Waals surface area contributed by atoms with Gasteiger partial charge in [0.15, 0.2) is 0 Å². The molecule has 0 aliphatic heterocycles. The number of hydrogen-bond acceptors (Lipinski definition) is 4. The van der Waals surface area contributed by atoms with Crippen molar-refractivity contribution in [3.8, 4) is 0 Å². The smallest absolute Gasteiger partial charge is 0.125 e. The third-order valence-electron chi connectivity index (χ3n) is 3.85. The number of rotatable bonds is 8. The summed E-state index contributed by atoms with van der Waals surface area (Å²) in [7, 11) is 0. The Morgan fingerprint density at radius 2 is 1.71 bits per heavy atom. The van der Waals surface area contributed by atoms with E-state index in [1.54, 1.807) is 0 Å². The Bertz CT molecular complexity index is 430. The van der Waals surface area contributed by atoms with Crippen molar-refractivity contribution >= 4 is 11.3 Å². The van der Waals surface area contributed by atoms with Gasteiger partial charge in [0, 0.05) is 23.6 Å². The van der Waals surface area contributed by atoms with Crippen LogP contribution in [0.5, 0.6) is 0 Å². The molecule has 0 aliphatic rings. The van der Waals surface area contributed by atoms with Crippen LogP contribution >= 0.6 is 11.3 Å². The topological polar surface area (TPSA) is 34.1 Å². The zero-order valence-electron chi connectivity index (χ0n) is 14.8. The molecule has 0 aliphatic carbocycles. The molecule has 0 radical (unpaired) electrons. The molecule has 21 heavy (non-hydrogen) atoms. The SMILES string of the molecule is CCOC(CC)(CC)c1nc(CC)c(CNC(C)(C)C)s1. The molecule has 0 saturated carbocycles. The first-order chi connectivity index (χ1) is 9.81. The predicted octanol–water partition coefficient (Wildman–Crippen LogP) is 4.65. The van der Waals surface area contributed by atoms with Crippen molar-refractivity contribution in [3.63, 3.8) is 0 Å². The van der Waals surface area contributed by atoms with Crippen LogP contribution in [0.25, 0.3) is 0 Å². The standard InChI is InChI=1S/C17H32N2OS/c1-8-13-14(12-18-16(5,6)7)21-15(19-13)17(9-2,10-3)20-11-4/h18H,8-12H2,1-7H3. The van der Waals surface area contributed by atoms with Crippen molar-refractivity contribution < 1.29 is 4.74 Å². The van der Waals surface area contributed by atoms with E-state index in [9.17, 15) is 0 Å². The van der Waals surface area contributed by atoms with E-state index in [2.05, 4.69) is 53.8 Å². The van der Waals surface area contributed by atoms with Crippen molar-refractivity contribution in [2.75, 3.05) is 6.61 Å². The molecular weight excluding hydrogens is 280 g/mol. The Hall–Kier alpha value is -0.450. The van der Waals surface area contributed by atoms with E-state index in [0.29, 0.717) is 0 Å². The fourth-order valence-electron chi connectivity index (χ4n) is 2.43. The van der Waals surface area contributed by atoms with Crippen molar-refractivity contribution in [1.29, 1.82) is 0 Å². The van der Waals surface area contributed by atoms with Crippen molar-refractivity contribution in [2.24, 2.45) is 0 Å². The summed E-state index contributed by atoms with van der Waals surface area (Å²) in [6.45, 7) is 16.8. The van der Waals surface area contributed by atoms with Crippen LogP contribution in [-0.2, 0) is 23.3 Å². The van der Waals surface area contributed by atoms with Crippen LogP contribution in [0.2, 0.25) is 0 Å². The van der Waals surface area contributed by atoms with E-state index in [1.165, 1.54) is 10.6 Å². The highest BCUT2D eigenvalue weighted by Gasteiger charge is 2.33.